The lowest BCUT2D eigenvalue weighted by Crippen LogP contribution is -2.29. The molecule has 0 aromatic carbocycles. The van der Waals surface area contributed by atoms with Gasteiger partial charge in [-0.2, -0.15) is 11.8 Å². The van der Waals surface area contributed by atoms with Crippen molar-refractivity contribution >= 4 is 29.0 Å². The van der Waals surface area contributed by atoms with Gasteiger partial charge >= 0.3 is 0 Å². The van der Waals surface area contributed by atoms with Gasteiger partial charge in [0, 0.05) is 10.6 Å². The maximum Gasteiger partial charge on any atom is 0.275 e. The zero-order valence-electron chi connectivity index (χ0n) is 9.29. The Labute approximate surface area is 104 Å². The smallest absolute Gasteiger partial charge is 0.275 e. The van der Waals surface area contributed by atoms with Crippen molar-refractivity contribution in [1.82, 2.24) is 5.43 Å². The van der Waals surface area contributed by atoms with Gasteiger partial charge in [-0.25, -0.2) is 5.84 Å². The van der Waals surface area contributed by atoms with Crippen molar-refractivity contribution in [1.29, 1.82) is 0 Å². The van der Waals surface area contributed by atoms with E-state index in [9.17, 15) is 4.79 Å². The maximum atomic E-state index is 11.3. The molecule has 0 bridgehead atoms. The van der Waals surface area contributed by atoms with Gasteiger partial charge in [-0.15, -0.1) is 11.3 Å². The lowest BCUT2D eigenvalue weighted by atomic mass is 10.3. The number of nitrogens with one attached hydrogen (secondary N) is 1. The fraction of sp³-hybridized carbons (Fsp3) is 0.500. The van der Waals surface area contributed by atoms with Crippen LogP contribution >= 0.6 is 23.1 Å². The topological polar surface area (TPSA) is 81.1 Å². The van der Waals surface area contributed by atoms with Crippen LogP contribution in [0.1, 0.15) is 26.5 Å². The van der Waals surface area contributed by atoms with Crippen LogP contribution in [0.3, 0.4) is 0 Å². The minimum Gasteiger partial charge on any atom is -0.330 e. The van der Waals surface area contributed by atoms with E-state index in [1.807, 2.05) is 24.8 Å². The summed E-state index contributed by atoms with van der Waals surface area (Å²) in [4.78, 5) is 13.2. The Kier molecular flexibility index (Phi) is 5.83. The van der Waals surface area contributed by atoms with Crippen molar-refractivity contribution in [2.45, 2.75) is 19.1 Å². The lowest BCUT2D eigenvalue weighted by molar-refractivity contribution is 0.0957. The number of amides is 1. The fourth-order valence-corrected chi connectivity index (χ4v) is 3.28. The SMILES string of the molecule is Cc1sc(C(=O)NN)cc1CSCCCN. The third kappa shape index (κ3) is 3.79. The van der Waals surface area contributed by atoms with Crippen LogP contribution in [-0.2, 0) is 5.75 Å². The third-order valence-corrected chi connectivity index (χ3v) is 4.31. The van der Waals surface area contributed by atoms with Crippen molar-refractivity contribution < 1.29 is 4.79 Å². The van der Waals surface area contributed by atoms with Crippen LogP contribution < -0.4 is 17.0 Å². The van der Waals surface area contributed by atoms with E-state index in [0.29, 0.717) is 4.88 Å². The first-order valence-corrected chi connectivity index (χ1v) is 7.04. The molecule has 0 radical (unpaired) electrons. The molecule has 0 spiro atoms. The van der Waals surface area contributed by atoms with Crippen LogP contribution in [0.4, 0.5) is 0 Å². The third-order valence-electron chi connectivity index (χ3n) is 2.13. The number of hydrogen-bond donors (Lipinski definition) is 3. The van der Waals surface area contributed by atoms with E-state index < -0.39 is 0 Å². The Morgan fingerprint density at radius 2 is 2.38 bits per heavy atom. The molecule has 90 valence electrons. The first-order valence-electron chi connectivity index (χ1n) is 5.07. The van der Waals surface area contributed by atoms with Crippen LogP contribution in [0.15, 0.2) is 6.07 Å². The molecule has 1 amide bonds. The van der Waals surface area contributed by atoms with E-state index >= 15 is 0 Å². The summed E-state index contributed by atoms with van der Waals surface area (Å²) in [7, 11) is 0. The molecule has 6 heteroatoms. The summed E-state index contributed by atoms with van der Waals surface area (Å²) < 4.78 is 0. The summed E-state index contributed by atoms with van der Waals surface area (Å²) in [6.45, 7) is 2.76. The van der Waals surface area contributed by atoms with E-state index in [1.54, 1.807) is 0 Å². The number of thioether (sulfide) groups is 1. The van der Waals surface area contributed by atoms with Crippen molar-refractivity contribution in [3.05, 3.63) is 21.4 Å². The number of hydrazine groups is 1. The standard InChI is InChI=1S/C10H17N3OS2/c1-7-8(6-15-4-2-3-11)5-9(16-7)10(14)13-12/h5H,2-4,6,11-12H2,1H3,(H,13,14). The number of carbonyl (C=O) groups excluding carboxylic acids is 1. The molecule has 1 aromatic heterocycles. The van der Waals surface area contributed by atoms with Crippen LogP contribution in [0.25, 0.3) is 0 Å². The number of nitrogens with two attached hydrogens (primary N) is 2. The Bertz CT molecular complexity index is 352. The molecule has 0 atom stereocenters. The van der Waals surface area contributed by atoms with Crippen molar-refractivity contribution in [3.8, 4) is 0 Å². The summed E-state index contributed by atoms with van der Waals surface area (Å²) in [5.74, 6) is 6.87. The van der Waals surface area contributed by atoms with Crippen LogP contribution in [0, 0.1) is 6.92 Å². The minimum absolute atomic E-state index is 0.216. The number of carbonyl (C=O) groups is 1. The van der Waals surface area contributed by atoms with Gasteiger partial charge < -0.3 is 5.73 Å². The minimum atomic E-state index is -0.216. The monoisotopic (exact) mass is 259 g/mol. The zero-order chi connectivity index (χ0) is 12.0. The van der Waals surface area contributed by atoms with E-state index in [4.69, 9.17) is 11.6 Å². The maximum absolute atomic E-state index is 11.3. The lowest BCUT2D eigenvalue weighted by Gasteiger charge is -1.99. The van der Waals surface area contributed by atoms with Crippen molar-refractivity contribution in [2.24, 2.45) is 11.6 Å². The molecule has 16 heavy (non-hydrogen) atoms. The molecule has 0 saturated heterocycles. The molecule has 0 aliphatic carbocycles. The molecule has 4 nitrogen and oxygen atoms in total. The predicted octanol–water partition coefficient (Wildman–Crippen LogP) is 1.24. The highest BCUT2D eigenvalue weighted by atomic mass is 32.2. The molecule has 0 aliphatic rings. The Morgan fingerprint density at radius 1 is 1.62 bits per heavy atom. The highest BCUT2D eigenvalue weighted by Crippen LogP contribution is 2.25. The summed E-state index contributed by atoms with van der Waals surface area (Å²) in [5.41, 5.74) is 8.78. The average molecular weight is 259 g/mol. The highest BCUT2D eigenvalue weighted by molar-refractivity contribution is 7.98. The Morgan fingerprint density at radius 3 is 3.00 bits per heavy atom. The van der Waals surface area contributed by atoms with Gasteiger partial charge in [0.05, 0.1) is 4.88 Å². The largest absolute Gasteiger partial charge is 0.330 e. The second-order valence-corrected chi connectivity index (χ2v) is 5.72. The Hall–Kier alpha value is -0.560. The molecule has 0 saturated carbocycles. The quantitative estimate of drug-likeness (QED) is 0.311. The Balaban J connectivity index is 2.53. The average Bonchev–Trinajstić information content (AvgIpc) is 2.65. The van der Waals surface area contributed by atoms with Gasteiger partial charge in [0.15, 0.2) is 0 Å². The van der Waals surface area contributed by atoms with Gasteiger partial charge in [-0.05, 0) is 37.3 Å². The molecular formula is C10H17N3OS2. The van der Waals surface area contributed by atoms with Gasteiger partial charge in [0.1, 0.15) is 0 Å². The zero-order valence-corrected chi connectivity index (χ0v) is 10.9. The highest BCUT2D eigenvalue weighted by Gasteiger charge is 2.10. The summed E-state index contributed by atoms with van der Waals surface area (Å²) in [6.07, 6.45) is 1.03. The van der Waals surface area contributed by atoms with E-state index in [0.717, 1.165) is 24.5 Å². The molecule has 0 aliphatic heterocycles. The van der Waals surface area contributed by atoms with Gasteiger partial charge in [-0.1, -0.05) is 0 Å². The molecule has 0 fully saturated rings. The summed E-state index contributed by atoms with van der Waals surface area (Å²) in [6, 6.07) is 1.91. The molecule has 1 rings (SSSR count). The molecule has 0 unspecified atom stereocenters. The second-order valence-electron chi connectivity index (χ2n) is 3.36. The van der Waals surface area contributed by atoms with Gasteiger partial charge in [0.2, 0.25) is 0 Å². The summed E-state index contributed by atoms with van der Waals surface area (Å²) in [5, 5.41) is 0. The number of nitrogen functional groups attached to an aromatic ring is 1. The molecule has 1 aromatic rings. The van der Waals surface area contributed by atoms with Gasteiger partial charge in [0.25, 0.3) is 5.91 Å². The van der Waals surface area contributed by atoms with E-state index in [-0.39, 0.29) is 5.91 Å². The first-order chi connectivity index (χ1) is 7.69. The first kappa shape index (κ1) is 13.5. The summed E-state index contributed by atoms with van der Waals surface area (Å²) >= 11 is 3.32. The van der Waals surface area contributed by atoms with Crippen LogP contribution in [0.5, 0.6) is 0 Å². The second kappa shape index (κ2) is 6.90. The number of aryl methyl sites for hydroxylation is 1. The molecular weight excluding hydrogens is 242 g/mol. The van der Waals surface area contributed by atoms with E-state index in [1.165, 1.54) is 21.8 Å². The number of hydrogen-bond acceptors (Lipinski definition) is 5. The molecule has 1 heterocycles. The normalized spacial score (nSPS) is 10.4. The van der Waals surface area contributed by atoms with Crippen molar-refractivity contribution in [3.63, 3.8) is 0 Å². The molecule has 5 N–H and O–H groups in total. The van der Waals surface area contributed by atoms with Crippen LogP contribution in [-0.4, -0.2) is 18.2 Å². The van der Waals surface area contributed by atoms with E-state index in [2.05, 4.69) is 5.43 Å². The van der Waals surface area contributed by atoms with Crippen LogP contribution in [0.2, 0.25) is 0 Å². The van der Waals surface area contributed by atoms with Crippen molar-refractivity contribution in [2.75, 3.05) is 12.3 Å². The fourth-order valence-electron chi connectivity index (χ4n) is 1.21. The predicted molar refractivity (Wildman–Crippen MR) is 70.5 cm³/mol. The number of thiophene rings is 1. The van der Waals surface area contributed by atoms with Gasteiger partial charge in [-0.3, -0.25) is 10.2 Å². The number of rotatable bonds is 6.